The Bertz CT molecular complexity index is 2750. The molecule has 0 bridgehead atoms. The first-order chi connectivity index (χ1) is 23.6. The molecule has 9 aromatic rings. The molecule has 7 heteroatoms. The van der Waals surface area contributed by atoms with Crippen LogP contribution in [-0.4, -0.2) is 19.5 Å². The maximum Gasteiger partial charge on any atom is 0.346 e. The Labute approximate surface area is 273 Å². The highest BCUT2D eigenvalue weighted by molar-refractivity contribution is 6.17. The first kappa shape index (κ1) is 27.6. The molecule has 3 aromatic heterocycles. The molecule has 0 radical (unpaired) electrons. The third-order valence-corrected chi connectivity index (χ3v) is 8.72. The Balaban J connectivity index is 1.37. The highest BCUT2D eigenvalue weighted by Gasteiger charge is 2.18. The second-order valence-corrected chi connectivity index (χ2v) is 11.6. The highest BCUT2D eigenvalue weighted by atomic mass is 16.4. The molecule has 3 heterocycles. The number of fused-ring (bicyclic) bond motifs is 6. The second-order valence-electron chi connectivity index (χ2n) is 11.6. The van der Waals surface area contributed by atoms with E-state index in [4.69, 9.17) is 19.4 Å². The average molecular weight is 621 g/mol. The van der Waals surface area contributed by atoms with Crippen molar-refractivity contribution in [2.45, 2.75) is 0 Å². The molecule has 0 atom stereocenters. The van der Waals surface area contributed by atoms with E-state index in [1.165, 1.54) is 0 Å². The predicted octanol–water partition coefficient (Wildman–Crippen LogP) is 8.59. The maximum absolute atomic E-state index is 13.5. The monoisotopic (exact) mass is 620 g/mol. The first-order valence-corrected chi connectivity index (χ1v) is 15.5. The number of hydrogen-bond donors (Lipinski definition) is 0. The van der Waals surface area contributed by atoms with Gasteiger partial charge in [-0.25, -0.2) is 24.5 Å². The van der Waals surface area contributed by atoms with Crippen molar-refractivity contribution in [3.8, 4) is 39.9 Å². The number of aromatic nitrogens is 4. The molecule has 0 aliphatic carbocycles. The smallest absolute Gasteiger partial charge is 0.346 e. The van der Waals surface area contributed by atoms with Crippen molar-refractivity contribution in [3.63, 3.8) is 0 Å². The van der Waals surface area contributed by atoms with E-state index in [1.807, 2.05) is 115 Å². The summed E-state index contributed by atoms with van der Waals surface area (Å²) < 4.78 is 7.57. The van der Waals surface area contributed by atoms with Gasteiger partial charge in [-0.2, -0.15) is 0 Å². The lowest BCUT2D eigenvalue weighted by Gasteiger charge is -2.09. The lowest BCUT2D eigenvalue weighted by Crippen LogP contribution is -2.04. The van der Waals surface area contributed by atoms with Crippen molar-refractivity contribution in [2.75, 3.05) is 0 Å². The Hall–Kier alpha value is -6.73. The standard InChI is InChI=1S/C41H24N4O3/c46-40-30-21-20-27(39-43-37(25-12-4-1-5-13-25)42-38(44-39)26-14-6-2-7-15-26)22-31(30)32-24-36-33(23-34(32)41(47)48-40)29-18-10-11-19-35(29)45(36)28-16-8-3-9-17-28/h1-24H. The fourth-order valence-electron chi connectivity index (χ4n) is 6.48. The van der Waals surface area contributed by atoms with Gasteiger partial charge in [0.25, 0.3) is 0 Å². The van der Waals surface area contributed by atoms with Crippen LogP contribution < -0.4 is 11.3 Å². The van der Waals surface area contributed by atoms with Crippen LogP contribution in [0.15, 0.2) is 160 Å². The summed E-state index contributed by atoms with van der Waals surface area (Å²) in [5.41, 5.74) is 3.86. The summed E-state index contributed by atoms with van der Waals surface area (Å²) in [5, 5.41) is 3.63. The lowest BCUT2D eigenvalue weighted by molar-refractivity contribution is 0.491. The lowest BCUT2D eigenvalue weighted by atomic mass is 10.0. The molecule has 0 fully saturated rings. The van der Waals surface area contributed by atoms with Crippen LogP contribution in [0.2, 0.25) is 0 Å². The second kappa shape index (κ2) is 11.0. The zero-order chi connectivity index (χ0) is 32.2. The molecule has 7 nitrogen and oxygen atoms in total. The van der Waals surface area contributed by atoms with Gasteiger partial charge < -0.3 is 8.98 Å². The van der Waals surface area contributed by atoms with Gasteiger partial charge >= 0.3 is 11.3 Å². The van der Waals surface area contributed by atoms with E-state index in [0.29, 0.717) is 39.2 Å². The van der Waals surface area contributed by atoms with E-state index in [0.717, 1.165) is 38.6 Å². The third-order valence-electron chi connectivity index (χ3n) is 8.72. The van der Waals surface area contributed by atoms with Crippen LogP contribution in [0.1, 0.15) is 0 Å². The summed E-state index contributed by atoms with van der Waals surface area (Å²) in [5.74, 6) is 1.49. The van der Waals surface area contributed by atoms with E-state index in [9.17, 15) is 9.59 Å². The molecular weight excluding hydrogens is 596 g/mol. The molecular formula is C41H24N4O3. The van der Waals surface area contributed by atoms with Crippen molar-refractivity contribution in [3.05, 3.63) is 166 Å². The Kier molecular flexibility index (Phi) is 6.30. The summed E-state index contributed by atoms with van der Waals surface area (Å²) in [6.45, 7) is 0. The van der Waals surface area contributed by atoms with Gasteiger partial charge in [-0.1, -0.05) is 103 Å². The molecule has 0 spiro atoms. The minimum absolute atomic E-state index is 0.285. The summed E-state index contributed by atoms with van der Waals surface area (Å²) >= 11 is 0. The molecule has 0 saturated carbocycles. The van der Waals surface area contributed by atoms with Crippen LogP contribution in [0.25, 0.3) is 83.2 Å². The number of nitrogens with zero attached hydrogens (tertiary/aromatic N) is 4. The zero-order valence-corrected chi connectivity index (χ0v) is 25.4. The minimum Gasteiger partial charge on any atom is -0.386 e. The summed E-state index contributed by atoms with van der Waals surface area (Å²) in [6.07, 6.45) is 0. The normalized spacial score (nSPS) is 11.5. The van der Waals surface area contributed by atoms with E-state index in [-0.39, 0.29) is 5.39 Å². The minimum atomic E-state index is -0.705. The summed E-state index contributed by atoms with van der Waals surface area (Å²) in [4.78, 5) is 41.4. The SMILES string of the molecule is O=c1oc(=O)c2cc3c4ccccc4n(-c4ccccc4)c3cc2c2cc(-c3nc(-c4ccccc4)nc(-c4ccccc4)n3)ccc12. The summed E-state index contributed by atoms with van der Waals surface area (Å²) in [6, 6.07) is 46.8. The van der Waals surface area contributed by atoms with Crippen LogP contribution in [-0.2, 0) is 0 Å². The Morgan fingerprint density at radius 3 is 1.60 bits per heavy atom. The first-order valence-electron chi connectivity index (χ1n) is 15.5. The molecule has 48 heavy (non-hydrogen) atoms. The van der Waals surface area contributed by atoms with E-state index in [2.05, 4.69) is 22.8 Å². The van der Waals surface area contributed by atoms with Gasteiger partial charge in [0, 0.05) is 33.2 Å². The molecule has 0 aliphatic rings. The van der Waals surface area contributed by atoms with Crippen LogP contribution in [0, 0.1) is 0 Å². The predicted molar refractivity (Wildman–Crippen MR) is 190 cm³/mol. The van der Waals surface area contributed by atoms with E-state index < -0.39 is 11.3 Å². The van der Waals surface area contributed by atoms with Gasteiger partial charge in [-0.3, -0.25) is 0 Å². The zero-order valence-electron chi connectivity index (χ0n) is 25.4. The molecule has 0 aliphatic heterocycles. The number of hydrogen-bond acceptors (Lipinski definition) is 6. The molecule has 0 saturated heterocycles. The van der Waals surface area contributed by atoms with Crippen LogP contribution in [0.5, 0.6) is 0 Å². The van der Waals surface area contributed by atoms with Crippen LogP contribution in [0.4, 0.5) is 0 Å². The average Bonchev–Trinajstić information content (AvgIpc) is 3.43. The van der Waals surface area contributed by atoms with Crippen molar-refractivity contribution in [1.29, 1.82) is 0 Å². The topological polar surface area (TPSA) is 90.9 Å². The van der Waals surface area contributed by atoms with Crippen LogP contribution >= 0.6 is 0 Å². The molecule has 226 valence electrons. The van der Waals surface area contributed by atoms with Gasteiger partial charge in [-0.05, 0) is 53.2 Å². The highest BCUT2D eigenvalue weighted by Crippen LogP contribution is 2.36. The van der Waals surface area contributed by atoms with E-state index >= 15 is 0 Å². The molecule has 0 amide bonds. The van der Waals surface area contributed by atoms with Gasteiger partial charge in [-0.15, -0.1) is 0 Å². The fraction of sp³-hybridized carbons (Fsp3) is 0. The van der Waals surface area contributed by atoms with Crippen molar-refractivity contribution >= 4 is 43.4 Å². The number of benzene rings is 6. The molecule has 0 unspecified atom stereocenters. The summed E-state index contributed by atoms with van der Waals surface area (Å²) in [7, 11) is 0. The van der Waals surface area contributed by atoms with Gasteiger partial charge in [0.1, 0.15) is 0 Å². The largest absolute Gasteiger partial charge is 0.386 e. The van der Waals surface area contributed by atoms with Gasteiger partial charge in [0.2, 0.25) is 0 Å². The Morgan fingerprint density at radius 1 is 0.396 bits per heavy atom. The van der Waals surface area contributed by atoms with Crippen molar-refractivity contribution < 1.29 is 4.42 Å². The van der Waals surface area contributed by atoms with Gasteiger partial charge in [0.05, 0.1) is 21.8 Å². The van der Waals surface area contributed by atoms with Crippen molar-refractivity contribution in [1.82, 2.24) is 19.5 Å². The molecule has 9 rings (SSSR count). The third kappa shape index (κ3) is 4.48. The quantitative estimate of drug-likeness (QED) is 0.196. The van der Waals surface area contributed by atoms with Gasteiger partial charge in [0.15, 0.2) is 17.5 Å². The van der Waals surface area contributed by atoms with Crippen LogP contribution in [0.3, 0.4) is 0 Å². The maximum atomic E-state index is 13.5. The number of para-hydroxylation sites is 2. The molecule has 0 N–H and O–H groups in total. The Morgan fingerprint density at radius 2 is 0.938 bits per heavy atom. The molecule has 6 aromatic carbocycles. The van der Waals surface area contributed by atoms with E-state index in [1.54, 1.807) is 12.1 Å². The van der Waals surface area contributed by atoms with Crippen molar-refractivity contribution in [2.24, 2.45) is 0 Å². The fourth-order valence-corrected chi connectivity index (χ4v) is 6.48. The number of rotatable bonds is 4.